The Balaban J connectivity index is 2.25. The Labute approximate surface area is 141 Å². The van der Waals surface area contributed by atoms with Crippen LogP contribution in [0, 0.1) is 0 Å². The largest absolute Gasteiger partial charge is 0.497 e. The summed E-state index contributed by atoms with van der Waals surface area (Å²) >= 11 is 0. The SMILES string of the molecule is CCNC(=O)C(=Cc1ccc(OC)cc1)NC(=O)c1ccccc1. The molecule has 2 aromatic carbocycles. The minimum absolute atomic E-state index is 0.191. The van der Waals surface area contributed by atoms with E-state index in [0.717, 1.165) is 11.3 Å². The second-order valence-electron chi connectivity index (χ2n) is 5.01. The maximum atomic E-state index is 12.3. The van der Waals surface area contributed by atoms with Gasteiger partial charge >= 0.3 is 0 Å². The molecule has 0 aromatic heterocycles. The zero-order valence-corrected chi connectivity index (χ0v) is 13.7. The highest BCUT2D eigenvalue weighted by Crippen LogP contribution is 2.14. The van der Waals surface area contributed by atoms with Crippen molar-refractivity contribution in [3.8, 4) is 5.75 Å². The first-order valence-electron chi connectivity index (χ1n) is 7.64. The van der Waals surface area contributed by atoms with Crippen molar-refractivity contribution in [1.29, 1.82) is 0 Å². The van der Waals surface area contributed by atoms with E-state index >= 15 is 0 Å². The summed E-state index contributed by atoms with van der Waals surface area (Å²) in [6.45, 7) is 2.29. The van der Waals surface area contributed by atoms with E-state index in [1.54, 1.807) is 49.6 Å². The predicted molar refractivity (Wildman–Crippen MR) is 93.6 cm³/mol. The normalized spacial score (nSPS) is 10.8. The number of likely N-dealkylation sites (N-methyl/N-ethyl adjacent to an activating group) is 1. The Morgan fingerprint density at radius 2 is 1.71 bits per heavy atom. The van der Waals surface area contributed by atoms with Crippen LogP contribution in [0.2, 0.25) is 0 Å². The van der Waals surface area contributed by atoms with Gasteiger partial charge in [-0.3, -0.25) is 9.59 Å². The number of hydrogen-bond acceptors (Lipinski definition) is 3. The smallest absolute Gasteiger partial charge is 0.267 e. The first-order chi connectivity index (χ1) is 11.6. The summed E-state index contributed by atoms with van der Waals surface area (Å²) in [4.78, 5) is 24.5. The number of rotatable bonds is 6. The molecule has 0 saturated heterocycles. The van der Waals surface area contributed by atoms with E-state index in [1.807, 2.05) is 25.1 Å². The van der Waals surface area contributed by atoms with Gasteiger partial charge in [-0.05, 0) is 42.8 Å². The van der Waals surface area contributed by atoms with Crippen molar-refractivity contribution in [3.05, 3.63) is 71.4 Å². The third-order valence-electron chi connectivity index (χ3n) is 3.29. The van der Waals surface area contributed by atoms with E-state index in [4.69, 9.17) is 4.74 Å². The van der Waals surface area contributed by atoms with Crippen LogP contribution < -0.4 is 15.4 Å². The van der Waals surface area contributed by atoms with Crippen molar-refractivity contribution in [3.63, 3.8) is 0 Å². The van der Waals surface area contributed by atoms with E-state index in [-0.39, 0.29) is 17.5 Å². The van der Waals surface area contributed by atoms with E-state index in [1.165, 1.54) is 0 Å². The van der Waals surface area contributed by atoms with Gasteiger partial charge < -0.3 is 15.4 Å². The molecule has 0 aliphatic heterocycles. The molecule has 0 radical (unpaired) electrons. The van der Waals surface area contributed by atoms with Gasteiger partial charge in [-0.15, -0.1) is 0 Å². The summed E-state index contributed by atoms with van der Waals surface area (Å²) in [7, 11) is 1.59. The van der Waals surface area contributed by atoms with Crippen LogP contribution >= 0.6 is 0 Å². The number of nitrogens with one attached hydrogen (secondary N) is 2. The standard InChI is InChI=1S/C19H20N2O3/c1-3-20-19(23)17(13-14-9-11-16(24-2)12-10-14)21-18(22)15-7-5-4-6-8-15/h4-13H,3H2,1-2H3,(H,20,23)(H,21,22). The van der Waals surface area contributed by atoms with Crippen molar-refractivity contribution in [2.75, 3.05) is 13.7 Å². The van der Waals surface area contributed by atoms with E-state index < -0.39 is 0 Å². The summed E-state index contributed by atoms with van der Waals surface area (Å²) in [5, 5.41) is 5.37. The zero-order valence-electron chi connectivity index (χ0n) is 13.7. The maximum Gasteiger partial charge on any atom is 0.267 e. The third kappa shape index (κ3) is 4.71. The molecular weight excluding hydrogens is 304 g/mol. The molecule has 124 valence electrons. The molecule has 0 fully saturated rings. The van der Waals surface area contributed by atoms with Crippen LogP contribution in [0.15, 0.2) is 60.3 Å². The summed E-state index contributed by atoms with van der Waals surface area (Å²) < 4.78 is 5.11. The molecular formula is C19H20N2O3. The summed E-state index contributed by atoms with van der Waals surface area (Å²) in [6, 6.07) is 16.0. The van der Waals surface area contributed by atoms with Crippen LogP contribution in [0.5, 0.6) is 5.75 Å². The molecule has 0 spiro atoms. The Morgan fingerprint density at radius 1 is 1.04 bits per heavy atom. The lowest BCUT2D eigenvalue weighted by molar-refractivity contribution is -0.117. The number of methoxy groups -OCH3 is 1. The molecule has 2 N–H and O–H groups in total. The monoisotopic (exact) mass is 324 g/mol. The highest BCUT2D eigenvalue weighted by Gasteiger charge is 2.13. The maximum absolute atomic E-state index is 12.3. The van der Waals surface area contributed by atoms with Crippen molar-refractivity contribution >= 4 is 17.9 Å². The Hall–Kier alpha value is -3.08. The van der Waals surface area contributed by atoms with Crippen LogP contribution in [0.4, 0.5) is 0 Å². The lowest BCUT2D eigenvalue weighted by Crippen LogP contribution is -2.34. The first kappa shape index (κ1) is 17.3. The quantitative estimate of drug-likeness (QED) is 0.803. The third-order valence-corrected chi connectivity index (χ3v) is 3.29. The fraction of sp³-hybridized carbons (Fsp3) is 0.158. The molecule has 0 unspecified atom stereocenters. The van der Waals surface area contributed by atoms with E-state index in [0.29, 0.717) is 12.1 Å². The fourth-order valence-electron chi connectivity index (χ4n) is 2.06. The van der Waals surface area contributed by atoms with Gasteiger partial charge in [0.15, 0.2) is 0 Å². The van der Waals surface area contributed by atoms with E-state index in [2.05, 4.69) is 10.6 Å². The van der Waals surface area contributed by atoms with Gasteiger partial charge in [0.1, 0.15) is 11.4 Å². The Morgan fingerprint density at radius 3 is 2.29 bits per heavy atom. The summed E-state index contributed by atoms with van der Waals surface area (Å²) in [5.41, 5.74) is 1.46. The average molecular weight is 324 g/mol. The first-order valence-corrected chi connectivity index (χ1v) is 7.64. The number of amides is 2. The molecule has 0 heterocycles. The van der Waals surface area contributed by atoms with Gasteiger partial charge in [0, 0.05) is 12.1 Å². The number of hydrogen-bond donors (Lipinski definition) is 2. The fourth-order valence-corrected chi connectivity index (χ4v) is 2.06. The molecule has 2 amide bonds. The number of carbonyl (C=O) groups is 2. The highest BCUT2D eigenvalue weighted by molar-refractivity contribution is 6.05. The topological polar surface area (TPSA) is 67.4 Å². The summed E-state index contributed by atoms with van der Waals surface area (Å²) in [6.07, 6.45) is 1.63. The van der Waals surface area contributed by atoms with Crippen LogP contribution in [0.3, 0.4) is 0 Å². The van der Waals surface area contributed by atoms with E-state index in [9.17, 15) is 9.59 Å². The molecule has 0 aliphatic rings. The molecule has 2 aromatic rings. The molecule has 2 rings (SSSR count). The number of carbonyl (C=O) groups excluding carboxylic acids is 2. The van der Waals surface area contributed by atoms with Crippen LogP contribution in [0.25, 0.3) is 6.08 Å². The molecule has 5 heteroatoms. The molecule has 5 nitrogen and oxygen atoms in total. The summed E-state index contributed by atoms with van der Waals surface area (Å²) in [5.74, 6) is 0.0549. The van der Waals surface area contributed by atoms with Crippen molar-refractivity contribution < 1.29 is 14.3 Å². The number of benzene rings is 2. The predicted octanol–water partition coefficient (Wildman–Crippen LogP) is 2.60. The lowest BCUT2D eigenvalue weighted by atomic mass is 10.1. The minimum Gasteiger partial charge on any atom is -0.497 e. The van der Waals surface area contributed by atoms with Gasteiger partial charge in [0.25, 0.3) is 11.8 Å². The van der Waals surface area contributed by atoms with Crippen LogP contribution in [-0.2, 0) is 4.79 Å². The molecule has 0 atom stereocenters. The molecule has 0 aliphatic carbocycles. The molecule has 0 saturated carbocycles. The van der Waals surface area contributed by atoms with Crippen molar-refractivity contribution in [2.45, 2.75) is 6.92 Å². The highest BCUT2D eigenvalue weighted by atomic mass is 16.5. The van der Waals surface area contributed by atoms with Gasteiger partial charge in [0.2, 0.25) is 0 Å². The Bertz CT molecular complexity index is 722. The molecule has 0 bridgehead atoms. The average Bonchev–Trinajstić information content (AvgIpc) is 2.62. The Kier molecular flexibility index (Phi) is 6.14. The van der Waals surface area contributed by atoms with Crippen molar-refractivity contribution in [1.82, 2.24) is 10.6 Å². The van der Waals surface area contributed by atoms with Crippen LogP contribution in [-0.4, -0.2) is 25.5 Å². The van der Waals surface area contributed by atoms with Crippen LogP contribution in [0.1, 0.15) is 22.8 Å². The second-order valence-corrected chi connectivity index (χ2v) is 5.01. The van der Waals surface area contributed by atoms with Gasteiger partial charge in [0.05, 0.1) is 7.11 Å². The second kappa shape index (κ2) is 8.53. The molecule has 24 heavy (non-hydrogen) atoms. The van der Waals surface area contributed by atoms with Gasteiger partial charge in [-0.1, -0.05) is 30.3 Å². The zero-order chi connectivity index (χ0) is 17.4. The lowest BCUT2D eigenvalue weighted by Gasteiger charge is -2.10. The van der Waals surface area contributed by atoms with Gasteiger partial charge in [-0.2, -0.15) is 0 Å². The van der Waals surface area contributed by atoms with Gasteiger partial charge in [-0.25, -0.2) is 0 Å². The van der Waals surface area contributed by atoms with Crippen molar-refractivity contribution in [2.24, 2.45) is 0 Å². The minimum atomic E-state index is -0.336. The number of ether oxygens (including phenoxy) is 1.